The minimum atomic E-state index is -1.10. The van der Waals surface area contributed by atoms with Gasteiger partial charge in [-0.1, -0.05) is 18.2 Å². The molecule has 3 rings (SSSR count). The number of hydrogen-bond donors (Lipinski definition) is 2. The average molecular weight is 272 g/mol. The Morgan fingerprint density at radius 1 is 1.20 bits per heavy atom. The van der Waals surface area contributed by atoms with Crippen molar-refractivity contribution in [3.8, 4) is 0 Å². The summed E-state index contributed by atoms with van der Waals surface area (Å²) in [5.41, 5.74) is 8.84. The molecular formula is C15H13FN2O2. The molecule has 0 spiro atoms. The maximum Gasteiger partial charge on any atom is 0.412 e. The molecule has 1 heterocycles. The van der Waals surface area contributed by atoms with Crippen molar-refractivity contribution in [2.45, 2.75) is 13.0 Å². The van der Waals surface area contributed by atoms with Gasteiger partial charge in [-0.25, -0.2) is 9.18 Å². The van der Waals surface area contributed by atoms with Gasteiger partial charge in [-0.15, -0.1) is 0 Å². The summed E-state index contributed by atoms with van der Waals surface area (Å²) in [4.78, 5) is 12.6. The zero-order chi connectivity index (χ0) is 14.3. The van der Waals surface area contributed by atoms with E-state index in [4.69, 9.17) is 5.73 Å². The Labute approximate surface area is 115 Å². The number of carboxylic acid groups (broad SMARTS) is 1. The maximum absolute atomic E-state index is 14.0. The van der Waals surface area contributed by atoms with Crippen molar-refractivity contribution in [3.63, 3.8) is 0 Å². The zero-order valence-corrected chi connectivity index (χ0v) is 10.6. The second-order valence-electron chi connectivity index (χ2n) is 4.77. The van der Waals surface area contributed by atoms with Crippen molar-refractivity contribution in [2.75, 3.05) is 10.6 Å². The summed E-state index contributed by atoms with van der Waals surface area (Å²) in [6.07, 6.45) is -0.675. The number of amides is 1. The first-order chi connectivity index (χ1) is 9.58. The van der Waals surface area contributed by atoms with Crippen LogP contribution in [0.3, 0.4) is 0 Å². The highest BCUT2D eigenvalue weighted by Gasteiger charge is 2.26. The van der Waals surface area contributed by atoms with Crippen LogP contribution in [0.25, 0.3) is 0 Å². The number of nitrogens with two attached hydrogens (primary N) is 1. The first-order valence-corrected chi connectivity index (χ1v) is 6.22. The van der Waals surface area contributed by atoms with Crippen molar-refractivity contribution >= 4 is 17.5 Å². The number of nitrogen functional groups attached to an aromatic ring is 1. The molecule has 2 aromatic carbocycles. The highest BCUT2D eigenvalue weighted by molar-refractivity contribution is 5.88. The molecule has 5 heteroatoms. The summed E-state index contributed by atoms with van der Waals surface area (Å²) in [5, 5.41) is 9.37. The van der Waals surface area contributed by atoms with Crippen LogP contribution in [0.1, 0.15) is 16.7 Å². The van der Waals surface area contributed by atoms with Crippen molar-refractivity contribution < 1.29 is 14.3 Å². The molecule has 0 bridgehead atoms. The molecule has 4 nitrogen and oxygen atoms in total. The van der Waals surface area contributed by atoms with Crippen molar-refractivity contribution in [3.05, 3.63) is 58.9 Å². The van der Waals surface area contributed by atoms with Crippen LogP contribution in [-0.4, -0.2) is 11.2 Å². The lowest BCUT2D eigenvalue weighted by Gasteiger charge is -2.19. The van der Waals surface area contributed by atoms with Gasteiger partial charge in [-0.05, 0) is 29.3 Å². The highest BCUT2D eigenvalue weighted by atomic mass is 19.1. The highest BCUT2D eigenvalue weighted by Crippen LogP contribution is 2.34. The number of fused-ring (bicyclic) bond motifs is 2. The van der Waals surface area contributed by atoms with Gasteiger partial charge in [-0.3, -0.25) is 4.90 Å². The predicted octanol–water partition coefficient (Wildman–Crippen LogP) is 3.00. The van der Waals surface area contributed by atoms with E-state index >= 15 is 0 Å². The third-order valence-electron chi connectivity index (χ3n) is 3.61. The van der Waals surface area contributed by atoms with Crippen LogP contribution in [-0.2, 0) is 13.0 Å². The van der Waals surface area contributed by atoms with E-state index in [1.54, 1.807) is 12.1 Å². The molecule has 1 aliphatic heterocycles. The predicted molar refractivity (Wildman–Crippen MR) is 74.3 cm³/mol. The Balaban J connectivity index is 2.24. The fraction of sp³-hybridized carbons (Fsp3) is 0.133. The number of hydrogen-bond acceptors (Lipinski definition) is 2. The lowest BCUT2D eigenvalue weighted by molar-refractivity contribution is 0.201. The Morgan fingerprint density at radius 2 is 1.95 bits per heavy atom. The molecule has 1 amide bonds. The van der Waals surface area contributed by atoms with Crippen LogP contribution in [0.2, 0.25) is 0 Å². The number of nitrogens with zero attached hydrogens (tertiary/aromatic N) is 1. The lowest BCUT2D eigenvalue weighted by atomic mass is 9.98. The van der Waals surface area contributed by atoms with Crippen LogP contribution in [0.5, 0.6) is 0 Å². The van der Waals surface area contributed by atoms with Gasteiger partial charge in [0, 0.05) is 17.7 Å². The number of anilines is 2. The molecule has 0 saturated carbocycles. The molecule has 102 valence electrons. The summed E-state index contributed by atoms with van der Waals surface area (Å²) < 4.78 is 14.0. The van der Waals surface area contributed by atoms with Crippen LogP contribution >= 0.6 is 0 Å². The Kier molecular flexibility index (Phi) is 2.82. The van der Waals surface area contributed by atoms with E-state index in [1.807, 2.05) is 12.1 Å². The fourth-order valence-electron chi connectivity index (χ4n) is 2.59. The van der Waals surface area contributed by atoms with E-state index in [0.717, 1.165) is 10.5 Å². The molecule has 0 fully saturated rings. The minimum absolute atomic E-state index is 0.0292. The van der Waals surface area contributed by atoms with E-state index in [2.05, 4.69) is 0 Å². The van der Waals surface area contributed by atoms with Crippen LogP contribution in [0.15, 0.2) is 36.4 Å². The number of benzene rings is 2. The quantitative estimate of drug-likeness (QED) is 0.724. The normalized spacial score (nSPS) is 13.3. The van der Waals surface area contributed by atoms with Crippen molar-refractivity contribution in [1.82, 2.24) is 0 Å². The smallest absolute Gasteiger partial charge is 0.412 e. The van der Waals surface area contributed by atoms with Gasteiger partial charge in [0.1, 0.15) is 5.82 Å². The number of para-hydroxylation sites is 1. The summed E-state index contributed by atoms with van der Waals surface area (Å²) in [6, 6.07) is 9.97. The average Bonchev–Trinajstić information content (AvgIpc) is 2.60. The summed E-state index contributed by atoms with van der Waals surface area (Å²) in [7, 11) is 0. The zero-order valence-electron chi connectivity index (χ0n) is 10.6. The van der Waals surface area contributed by atoms with Crippen LogP contribution in [0, 0.1) is 5.82 Å². The maximum atomic E-state index is 14.0. The van der Waals surface area contributed by atoms with Gasteiger partial charge in [0.05, 0.1) is 12.2 Å². The van der Waals surface area contributed by atoms with Gasteiger partial charge in [0.2, 0.25) is 0 Å². The third kappa shape index (κ3) is 1.87. The molecule has 0 aromatic heterocycles. The molecule has 2 aromatic rings. The molecular weight excluding hydrogens is 259 g/mol. The molecule has 0 radical (unpaired) electrons. The molecule has 0 aliphatic carbocycles. The number of carbonyl (C=O) groups is 1. The monoisotopic (exact) mass is 272 g/mol. The second kappa shape index (κ2) is 4.52. The van der Waals surface area contributed by atoms with Crippen LogP contribution in [0.4, 0.5) is 20.6 Å². The van der Waals surface area contributed by atoms with Gasteiger partial charge >= 0.3 is 6.09 Å². The molecule has 0 saturated heterocycles. The first kappa shape index (κ1) is 12.5. The van der Waals surface area contributed by atoms with E-state index in [-0.39, 0.29) is 6.54 Å². The number of rotatable bonds is 0. The van der Waals surface area contributed by atoms with E-state index in [1.165, 1.54) is 12.1 Å². The Bertz CT molecular complexity index is 700. The van der Waals surface area contributed by atoms with E-state index in [9.17, 15) is 14.3 Å². The SMILES string of the molecule is Nc1ccc(F)c2c1Cc1ccccc1N(C(=O)O)C2. The summed E-state index contributed by atoms with van der Waals surface area (Å²) in [5.74, 6) is -0.423. The topological polar surface area (TPSA) is 66.6 Å². The van der Waals surface area contributed by atoms with Crippen molar-refractivity contribution in [1.29, 1.82) is 0 Å². The van der Waals surface area contributed by atoms with E-state index < -0.39 is 11.9 Å². The first-order valence-electron chi connectivity index (χ1n) is 6.22. The standard InChI is InChI=1S/C15H13FN2O2/c16-12-5-6-13(17)10-7-9-3-1-2-4-14(9)18(15(19)20)8-11(10)12/h1-6H,7-8,17H2,(H,19,20). The van der Waals surface area contributed by atoms with Gasteiger partial charge in [0.25, 0.3) is 0 Å². The van der Waals surface area contributed by atoms with Gasteiger partial charge in [0.15, 0.2) is 0 Å². The molecule has 1 aliphatic rings. The second-order valence-corrected chi connectivity index (χ2v) is 4.77. The number of halogens is 1. The van der Waals surface area contributed by atoms with Gasteiger partial charge in [-0.2, -0.15) is 0 Å². The van der Waals surface area contributed by atoms with Gasteiger partial charge < -0.3 is 10.8 Å². The Hall–Kier alpha value is -2.56. The van der Waals surface area contributed by atoms with Crippen molar-refractivity contribution in [2.24, 2.45) is 0 Å². The lowest BCUT2D eigenvalue weighted by Crippen LogP contribution is -2.29. The molecule has 0 unspecified atom stereocenters. The minimum Gasteiger partial charge on any atom is -0.465 e. The molecule has 0 atom stereocenters. The molecule has 20 heavy (non-hydrogen) atoms. The van der Waals surface area contributed by atoms with Crippen LogP contribution < -0.4 is 10.6 Å². The fourth-order valence-corrected chi connectivity index (χ4v) is 2.59. The van der Waals surface area contributed by atoms with E-state index in [0.29, 0.717) is 28.9 Å². The largest absolute Gasteiger partial charge is 0.465 e. The third-order valence-corrected chi connectivity index (χ3v) is 3.61. The molecule has 3 N–H and O–H groups in total. The summed E-state index contributed by atoms with van der Waals surface area (Å²) >= 11 is 0. The summed E-state index contributed by atoms with van der Waals surface area (Å²) in [6.45, 7) is -0.0292. The Morgan fingerprint density at radius 3 is 2.70 bits per heavy atom.